The molecule has 1 saturated heterocycles. The van der Waals surface area contributed by atoms with Gasteiger partial charge in [-0.3, -0.25) is 14.6 Å². The highest BCUT2D eigenvalue weighted by atomic mass is 16.2. The lowest BCUT2D eigenvalue weighted by molar-refractivity contribution is -0.122. The van der Waals surface area contributed by atoms with Crippen molar-refractivity contribution in [3.63, 3.8) is 0 Å². The summed E-state index contributed by atoms with van der Waals surface area (Å²) in [6.07, 6.45) is 6.10. The molecule has 1 aromatic heterocycles. The Labute approximate surface area is 148 Å². The molecule has 3 rings (SSSR count). The van der Waals surface area contributed by atoms with Gasteiger partial charge in [0.2, 0.25) is 5.91 Å². The number of likely N-dealkylation sites (tertiary alicyclic amines) is 1. The quantitative estimate of drug-likeness (QED) is 0.911. The largest absolute Gasteiger partial charge is 0.353 e. The van der Waals surface area contributed by atoms with Gasteiger partial charge in [-0.1, -0.05) is 30.3 Å². The summed E-state index contributed by atoms with van der Waals surface area (Å²) in [5, 5.41) is 3.10. The van der Waals surface area contributed by atoms with Crippen LogP contribution in [0.25, 0.3) is 0 Å². The van der Waals surface area contributed by atoms with Gasteiger partial charge in [0.15, 0.2) is 0 Å². The Hall–Kier alpha value is -2.69. The number of nitrogens with one attached hydrogen (secondary N) is 1. The number of rotatable bonds is 5. The maximum absolute atomic E-state index is 12.4. The summed E-state index contributed by atoms with van der Waals surface area (Å²) in [6, 6.07) is 13.7. The molecule has 5 nitrogen and oxygen atoms in total. The number of pyridine rings is 1. The number of piperidine rings is 1. The Balaban J connectivity index is 1.41. The molecule has 0 atom stereocenters. The van der Waals surface area contributed by atoms with E-state index in [1.165, 1.54) is 5.56 Å². The molecule has 1 aliphatic rings. The standard InChI is InChI=1S/C20H23N3O2/c24-19(9-8-16-5-2-1-3-6-16)22-18-10-13-23(14-11-18)20(25)17-7-4-12-21-15-17/h1-7,12,15,18H,8-11,13-14H2,(H,22,24). The van der Waals surface area contributed by atoms with Crippen LogP contribution in [0.4, 0.5) is 0 Å². The molecular weight excluding hydrogens is 314 g/mol. The monoisotopic (exact) mass is 337 g/mol. The zero-order chi connectivity index (χ0) is 17.5. The molecule has 0 saturated carbocycles. The van der Waals surface area contributed by atoms with Crippen molar-refractivity contribution in [2.75, 3.05) is 13.1 Å². The minimum absolute atomic E-state index is 0.0157. The molecule has 25 heavy (non-hydrogen) atoms. The minimum Gasteiger partial charge on any atom is -0.353 e. The Morgan fingerprint density at radius 1 is 1.08 bits per heavy atom. The van der Waals surface area contributed by atoms with E-state index in [-0.39, 0.29) is 17.9 Å². The Morgan fingerprint density at radius 2 is 1.84 bits per heavy atom. The molecule has 0 spiro atoms. The Kier molecular flexibility index (Phi) is 5.77. The van der Waals surface area contributed by atoms with Crippen LogP contribution in [0.15, 0.2) is 54.9 Å². The number of aryl methyl sites for hydroxylation is 1. The number of carbonyl (C=O) groups excluding carboxylic acids is 2. The van der Waals surface area contributed by atoms with Crippen LogP contribution in [0.1, 0.15) is 35.2 Å². The van der Waals surface area contributed by atoms with E-state index in [0.717, 1.165) is 19.3 Å². The predicted molar refractivity (Wildman–Crippen MR) is 96.1 cm³/mol. The van der Waals surface area contributed by atoms with Crippen molar-refractivity contribution in [3.05, 3.63) is 66.0 Å². The van der Waals surface area contributed by atoms with Crippen molar-refractivity contribution < 1.29 is 9.59 Å². The first-order chi connectivity index (χ1) is 12.2. The lowest BCUT2D eigenvalue weighted by Gasteiger charge is -2.32. The van der Waals surface area contributed by atoms with Crippen LogP contribution in [0.2, 0.25) is 0 Å². The third kappa shape index (κ3) is 4.89. The van der Waals surface area contributed by atoms with E-state index in [9.17, 15) is 9.59 Å². The van der Waals surface area contributed by atoms with Crippen molar-refractivity contribution in [2.24, 2.45) is 0 Å². The fraction of sp³-hybridized carbons (Fsp3) is 0.350. The topological polar surface area (TPSA) is 62.3 Å². The van der Waals surface area contributed by atoms with Crippen molar-refractivity contribution in [1.29, 1.82) is 0 Å². The maximum Gasteiger partial charge on any atom is 0.255 e. The van der Waals surface area contributed by atoms with Gasteiger partial charge < -0.3 is 10.2 Å². The number of aromatic nitrogens is 1. The van der Waals surface area contributed by atoms with Gasteiger partial charge in [-0.05, 0) is 37.0 Å². The first kappa shape index (κ1) is 17.1. The van der Waals surface area contributed by atoms with Gasteiger partial charge in [0.1, 0.15) is 0 Å². The summed E-state index contributed by atoms with van der Waals surface area (Å²) in [5.74, 6) is 0.0999. The number of benzene rings is 1. The van der Waals surface area contributed by atoms with Gasteiger partial charge in [0, 0.05) is 37.9 Å². The third-order valence-corrected chi connectivity index (χ3v) is 4.54. The number of carbonyl (C=O) groups is 2. The molecule has 2 aromatic rings. The molecular formula is C20H23N3O2. The number of nitrogens with zero attached hydrogens (tertiary/aromatic N) is 2. The fourth-order valence-corrected chi connectivity index (χ4v) is 3.10. The highest BCUT2D eigenvalue weighted by molar-refractivity contribution is 5.93. The second kappa shape index (κ2) is 8.42. The summed E-state index contributed by atoms with van der Waals surface area (Å²) in [6.45, 7) is 1.33. The molecule has 2 amide bonds. The summed E-state index contributed by atoms with van der Waals surface area (Å²) in [4.78, 5) is 30.3. The molecule has 0 bridgehead atoms. The van der Waals surface area contributed by atoms with Crippen LogP contribution in [-0.2, 0) is 11.2 Å². The van der Waals surface area contributed by atoms with Crippen LogP contribution in [0.3, 0.4) is 0 Å². The summed E-state index contributed by atoms with van der Waals surface area (Å²) >= 11 is 0. The van der Waals surface area contributed by atoms with E-state index in [4.69, 9.17) is 0 Å². The zero-order valence-electron chi connectivity index (χ0n) is 14.2. The van der Waals surface area contributed by atoms with Gasteiger partial charge in [0.25, 0.3) is 5.91 Å². The van der Waals surface area contributed by atoms with Crippen molar-refractivity contribution in [1.82, 2.24) is 15.2 Å². The van der Waals surface area contributed by atoms with E-state index in [1.54, 1.807) is 24.5 Å². The molecule has 130 valence electrons. The lowest BCUT2D eigenvalue weighted by atomic mass is 10.0. The Morgan fingerprint density at radius 3 is 2.52 bits per heavy atom. The SMILES string of the molecule is O=C(CCc1ccccc1)NC1CCN(C(=O)c2cccnc2)CC1. The molecule has 0 radical (unpaired) electrons. The molecule has 1 fully saturated rings. The number of hydrogen-bond acceptors (Lipinski definition) is 3. The van der Waals surface area contributed by atoms with E-state index >= 15 is 0 Å². The van der Waals surface area contributed by atoms with E-state index < -0.39 is 0 Å². The Bertz CT molecular complexity index is 695. The van der Waals surface area contributed by atoms with Gasteiger partial charge in [-0.15, -0.1) is 0 Å². The minimum atomic E-state index is 0.0157. The molecule has 2 heterocycles. The first-order valence-corrected chi connectivity index (χ1v) is 8.75. The second-order valence-electron chi connectivity index (χ2n) is 6.36. The van der Waals surface area contributed by atoms with Gasteiger partial charge >= 0.3 is 0 Å². The van der Waals surface area contributed by atoms with Crippen LogP contribution >= 0.6 is 0 Å². The van der Waals surface area contributed by atoms with Crippen LogP contribution < -0.4 is 5.32 Å². The smallest absolute Gasteiger partial charge is 0.255 e. The lowest BCUT2D eigenvalue weighted by Crippen LogP contribution is -2.46. The predicted octanol–water partition coefficient (Wildman–Crippen LogP) is 2.44. The highest BCUT2D eigenvalue weighted by Gasteiger charge is 2.24. The normalized spacial score (nSPS) is 15.0. The second-order valence-corrected chi connectivity index (χ2v) is 6.36. The van der Waals surface area contributed by atoms with Gasteiger partial charge in [-0.25, -0.2) is 0 Å². The number of amides is 2. The van der Waals surface area contributed by atoms with Gasteiger partial charge in [0.05, 0.1) is 5.56 Å². The average molecular weight is 337 g/mol. The first-order valence-electron chi connectivity index (χ1n) is 8.75. The van der Waals surface area contributed by atoms with Gasteiger partial charge in [-0.2, -0.15) is 0 Å². The van der Waals surface area contributed by atoms with Crippen molar-refractivity contribution in [3.8, 4) is 0 Å². The van der Waals surface area contributed by atoms with Crippen molar-refractivity contribution in [2.45, 2.75) is 31.7 Å². The number of hydrogen-bond donors (Lipinski definition) is 1. The third-order valence-electron chi connectivity index (χ3n) is 4.54. The van der Waals surface area contributed by atoms with Crippen LogP contribution in [0.5, 0.6) is 0 Å². The summed E-state index contributed by atoms with van der Waals surface area (Å²) < 4.78 is 0. The fourth-order valence-electron chi connectivity index (χ4n) is 3.10. The molecule has 1 N–H and O–H groups in total. The molecule has 5 heteroatoms. The van der Waals surface area contributed by atoms with E-state index in [0.29, 0.717) is 25.1 Å². The molecule has 0 unspecified atom stereocenters. The van der Waals surface area contributed by atoms with Crippen LogP contribution in [-0.4, -0.2) is 40.8 Å². The van der Waals surface area contributed by atoms with Crippen LogP contribution in [0, 0.1) is 0 Å². The summed E-state index contributed by atoms with van der Waals surface area (Å²) in [7, 11) is 0. The molecule has 0 aliphatic carbocycles. The zero-order valence-corrected chi connectivity index (χ0v) is 14.2. The molecule has 1 aliphatic heterocycles. The molecule has 1 aromatic carbocycles. The highest BCUT2D eigenvalue weighted by Crippen LogP contribution is 2.14. The average Bonchev–Trinajstić information content (AvgIpc) is 2.68. The van der Waals surface area contributed by atoms with E-state index in [1.807, 2.05) is 35.2 Å². The summed E-state index contributed by atoms with van der Waals surface area (Å²) in [5.41, 5.74) is 1.79. The van der Waals surface area contributed by atoms with Crippen molar-refractivity contribution >= 4 is 11.8 Å². The maximum atomic E-state index is 12.4. The van der Waals surface area contributed by atoms with E-state index in [2.05, 4.69) is 10.3 Å².